The summed E-state index contributed by atoms with van der Waals surface area (Å²) in [5, 5.41) is 3.48. The number of nitrogens with one attached hydrogen (secondary N) is 1. The fraction of sp³-hybridized carbons (Fsp3) is 0.214. The van der Waals surface area contributed by atoms with Crippen LogP contribution in [0.5, 0.6) is 5.75 Å². The minimum absolute atomic E-state index is 0.0779. The predicted molar refractivity (Wildman–Crippen MR) is 81.9 cm³/mol. The number of hydrogen-bond acceptors (Lipinski definition) is 3. The molecule has 0 saturated carbocycles. The molecule has 4 nitrogen and oxygen atoms in total. The highest BCUT2D eigenvalue weighted by molar-refractivity contribution is 9.08. The molecule has 0 atom stereocenters. The van der Waals surface area contributed by atoms with Gasteiger partial charge in [-0.25, -0.2) is 0 Å². The first-order valence-electron chi connectivity index (χ1n) is 6.01. The summed E-state index contributed by atoms with van der Waals surface area (Å²) in [5.41, 5.74) is 1.94. The van der Waals surface area contributed by atoms with Crippen LogP contribution < -0.4 is 10.1 Å². The zero-order valence-corrected chi connectivity index (χ0v) is 13.1. The largest absolute Gasteiger partial charge is 0.494 e. The highest BCUT2D eigenvalue weighted by Gasteiger charge is 2.14. The number of alkyl halides is 1. The van der Waals surface area contributed by atoms with Crippen molar-refractivity contribution in [2.45, 2.75) is 12.3 Å². The number of benzene rings is 1. The summed E-state index contributed by atoms with van der Waals surface area (Å²) >= 11 is 9.17. The van der Waals surface area contributed by atoms with E-state index in [1.54, 1.807) is 6.07 Å². The van der Waals surface area contributed by atoms with Crippen molar-refractivity contribution in [3.8, 4) is 5.75 Å². The van der Waals surface area contributed by atoms with E-state index in [9.17, 15) is 4.79 Å². The lowest BCUT2D eigenvalue weighted by molar-refractivity contribution is 0.102. The number of rotatable bonds is 5. The molecule has 0 aliphatic heterocycles. The van der Waals surface area contributed by atoms with Crippen molar-refractivity contribution in [1.82, 2.24) is 0 Å². The van der Waals surface area contributed by atoms with E-state index in [0.29, 0.717) is 23.2 Å². The van der Waals surface area contributed by atoms with Crippen molar-refractivity contribution in [2.75, 3.05) is 11.9 Å². The molecule has 1 N–H and O–H groups in total. The monoisotopic (exact) mass is 357 g/mol. The first-order chi connectivity index (χ1) is 9.65. The van der Waals surface area contributed by atoms with Crippen LogP contribution in [-0.2, 0) is 5.33 Å². The van der Waals surface area contributed by atoms with Crippen LogP contribution in [0.4, 0.5) is 5.69 Å². The van der Waals surface area contributed by atoms with Gasteiger partial charge in [-0.3, -0.25) is 4.79 Å². The molecule has 2 aromatic rings. The molecule has 0 aliphatic rings. The number of carbonyl (C=O) groups excluding carboxylic acids is 1. The molecule has 0 unspecified atom stereocenters. The first-order valence-corrected chi connectivity index (χ1v) is 7.51. The third-order valence-electron chi connectivity index (χ3n) is 2.62. The maximum atomic E-state index is 12.0. The van der Waals surface area contributed by atoms with Crippen molar-refractivity contribution in [3.05, 3.63) is 46.9 Å². The highest BCUT2D eigenvalue weighted by Crippen LogP contribution is 2.26. The quantitative estimate of drug-likeness (QED) is 0.802. The smallest absolute Gasteiger partial charge is 0.260 e. The molecule has 1 amide bonds. The van der Waals surface area contributed by atoms with Crippen LogP contribution in [0.15, 0.2) is 34.9 Å². The van der Waals surface area contributed by atoms with Crippen molar-refractivity contribution in [1.29, 1.82) is 0 Å². The Hall–Kier alpha value is -1.46. The lowest BCUT2D eigenvalue weighted by Crippen LogP contribution is -2.11. The third-order valence-corrected chi connectivity index (χ3v) is 3.52. The first kappa shape index (κ1) is 14.9. The fourth-order valence-electron chi connectivity index (χ4n) is 1.71. The van der Waals surface area contributed by atoms with E-state index in [1.165, 1.54) is 12.3 Å². The van der Waals surface area contributed by atoms with Crippen LogP contribution in [0.2, 0.25) is 5.22 Å². The van der Waals surface area contributed by atoms with Gasteiger partial charge in [-0.15, -0.1) is 0 Å². The Labute approximate surface area is 130 Å². The molecule has 0 aliphatic carbocycles. The maximum absolute atomic E-state index is 12.0. The van der Waals surface area contributed by atoms with Crippen molar-refractivity contribution in [3.63, 3.8) is 0 Å². The molecule has 2 rings (SSSR count). The van der Waals surface area contributed by atoms with Crippen LogP contribution in [0, 0.1) is 0 Å². The maximum Gasteiger partial charge on any atom is 0.260 e. The third kappa shape index (κ3) is 3.35. The van der Waals surface area contributed by atoms with E-state index in [0.717, 1.165) is 11.3 Å². The Morgan fingerprint density at radius 1 is 1.45 bits per heavy atom. The number of amides is 1. The van der Waals surface area contributed by atoms with E-state index in [4.69, 9.17) is 20.8 Å². The molecule has 106 valence electrons. The van der Waals surface area contributed by atoms with Crippen molar-refractivity contribution >= 4 is 39.1 Å². The summed E-state index contributed by atoms with van der Waals surface area (Å²) in [6, 6.07) is 6.99. The Morgan fingerprint density at radius 2 is 2.25 bits per heavy atom. The van der Waals surface area contributed by atoms with Gasteiger partial charge < -0.3 is 14.5 Å². The van der Waals surface area contributed by atoms with E-state index < -0.39 is 0 Å². The predicted octanol–water partition coefficient (Wildman–Crippen LogP) is 4.48. The summed E-state index contributed by atoms with van der Waals surface area (Å²) in [7, 11) is 0. The molecular formula is C14H13BrClNO3. The van der Waals surface area contributed by atoms with Crippen molar-refractivity contribution < 1.29 is 13.9 Å². The Bertz CT molecular complexity index is 612. The van der Waals surface area contributed by atoms with Gasteiger partial charge in [0.2, 0.25) is 5.22 Å². The van der Waals surface area contributed by atoms with Gasteiger partial charge in [0, 0.05) is 16.6 Å². The van der Waals surface area contributed by atoms with E-state index in [1.807, 2.05) is 19.1 Å². The molecule has 0 saturated heterocycles. The molecule has 1 aromatic carbocycles. The zero-order chi connectivity index (χ0) is 14.5. The molecule has 0 fully saturated rings. The molecule has 6 heteroatoms. The lowest BCUT2D eigenvalue weighted by atomic mass is 10.2. The summed E-state index contributed by atoms with van der Waals surface area (Å²) in [5.74, 6) is 0.483. The average Bonchev–Trinajstić information content (AvgIpc) is 2.87. The normalized spacial score (nSPS) is 10.3. The van der Waals surface area contributed by atoms with Crippen LogP contribution in [0.1, 0.15) is 22.8 Å². The molecule has 0 radical (unpaired) electrons. The lowest BCUT2D eigenvalue weighted by Gasteiger charge is -2.11. The molecule has 0 bridgehead atoms. The summed E-state index contributed by atoms with van der Waals surface area (Å²) < 4.78 is 10.4. The summed E-state index contributed by atoms with van der Waals surface area (Å²) in [4.78, 5) is 12.0. The summed E-state index contributed by atoms with van der Waals surface area (Å²) in [6.45, 7) is 2.52. The SMILES string of the molecule is CCOc1ccc(NC(=O)c2ccoc2Cl)cc1CBr. The van der Waals surface area contributed by atoms with Crippen LogP contribution in [-0.4, -0.2) is 12.5 Å². The molecule has 20 heavy (non-hydrogen) atoms. The van der Waals surface area contributed by atoms with Gasteiger partial charge in [0.15, 0.2) is 0 Å². The van der Waals surface area contributed by atoms with Gasteiger partial charge in [-0.1, -0.05) is 15.9 Å². The van der Waals surface area contributed by atoms with Crippen molar-refractivity contribution in [2.24, 2.45) is 0 Å². The number of anilines is 1. The Morgan fingerprint density at radius 3 is 2.85 bits per heavy atom. The molecule has 0 spiro atoms. The molecule has 1 heterocycles. The topological polar surface area (TPSA) is 51.5 Å². The number of furan rings is 1. The fourth-order valence-corrected chi connectivity index (χ4v) is 2.35. The van der Waals surface area contributed by atoms with Gasteiger partial charge in [-0.05, 0) is 42.8 Å². The van der Waals surface area contributed by atoms with Crippen LogP contribution in [0.25, 0.3) is 0 Å². The minimum atomic E-state index is -0.312. The van der Waals surface area contributed by atoms with Gasteiger partial charge in [0.05, 0.1) is 18.4 Å². The molecular weight excluding hydrogens is 346 g/mol. The van der Waals surface area contributed by atoms with E-state index in [-0.39, 0.29) is 11.1 Å². The second kappa shape index (κ2) is 6.81. The molecule has 1 aromatic heterocycles. The Kier molecular flexibility index (Phi) is 5.09. The van der Waals surface area contributed by atoms with E-state index >= 15 is 0 Å². The zero-order valence-electron chi connectivity index (χ0n) is 10.8. The second-order valence-corrected chi connectivity index (χ2v) is 4.86. The number of ether oxygens (including phenoxy) is 1. The van der Waals surface area contributed by atoms with Crippen LogP contribution >= 0.6 is 27.5 Å². The van der Waals surface area contributed by atoms with E-state index in [2.05, 4.69) is 21.2 Å². The van der Waals surface area contributed by atoms with Gasteiger partial charge in [-0.2, -0.15) is 0 Å². The average molecular weight is 359 g/mol. The number of carbonyl (C=O) groups is 1. The van der Waals surface area contributed by atoms with Gasteiger partial charge in [0.1, 0.15) is 5.75 Å². The standard InChI is InChI=1S/C14H13BrClNO3/c1-2-19-12-4-3-10(7-9(12)8-15)17-14(18)11-5-6-20-13(11)16/h3-7H,2,8H2,1H3,(H,17,18). The summed E-state index contributed by atoms with van der Waals surface area (Å²) in [6.07, 6.45) is 1.37. The number of hydrogen-bond donors (Lipinski definition) is 1. The number of halogens is 2. The minimum Gasteiger partial charge on any atom is -0.494 e. The highest BCUT2D eigenvalue weighted by atomic mass is 79.9. The van der Waals surface area contributed by atoms with Gasteiger partial charge in [0.25, 0.3) is 5.91 Å². The Balaban J connectivity index is 2.18. The second-order valence-electron chi connectivity index (χ2n) is 3.95. The van der Waals surface area contributed by atoms with Crippen LogP contribution in [0.3, 0.4) is 0 Å². The van der Waals surface area contributed by atoms with Gasteiger partial charge >= 0.3 is 0 Å².